The fraction of sp³-hybridized carbons (Fsp3) is 0.130. The number of H-pyrrole nitrogens is 1. The number of para-hydroxylation sites is 2. The number of benzene rings is 2. The molecule has 144 valence electrons. The third kappa shape index (κ3) is 3.89. The number of hydrogen-bond donors (Lipinski definition) is 1. The molecule has 0 unspecified atom stereocenters. The van der Waals surface area contributed by atoms with Crippen LogP contribution >= 0.6 is 27.7 Å². The Morgan fingerprint density at radius 1 is 1.17 bits per heavy atom. The maximum Gasteiger partial charge on any atom is 0.171 e. The second kappa shape index (κ2) is 7.94. The Bertz CT molecular complexity index is 1260. The van der Waals surface area contributed by atoms with Crippen molar-refractivity contribution in [2.24, 2.45) is 0 Å². The van der Waals surface area contributed by atoms with Crippen LogP contribution in [0, 0.1) is 32.1 Å². The molecule has 0 fully saturated rings. The molecule has 2 heterocycles. The van der Waals surface area contributed by atoms with E-state index in [1.165, 1.54) is 17.3 Å². The summed E-state index contributed by atoms with van der Waals surface area (Å²) in [6.07, 6.45) is 1.93. The van der Waals surface area contributed by atoms with Crippen LogP contribution in [0.1, 0.15) is 22.5 Å². The molecule has 0 bridgehead atoms. The van der Waals surface area contributed by atoms with Gasteiger partial charge in [-0.2, -0.15) is 5.26 Å². The Labute approximate surface area is 182 Å². The summed E-state index contributed by atoms with van der Waals surface area (Å²) in [5, 5.41) is 10.4. The van der Waals surface area contributed by atoms with Crippen molar-refractivity contribution in [3.63, 3.8) is 0 Å². The summed E-state index contributed by atoms with van der Waals surface area (Å²) in [7, 11) is 0. The van der Waals surface area contributed by atoms with E-state index in [9.17, 15) is 5.26 Å². The van der Waals surface area contributed by atoms with E-state index < -0.39 is 0 Å². The second-order valence-electron chi connectivity index (χ2n) is 6.88. The van der Waals surface area contributed by atoms with Crippen LogP contribution in [-0.2, 0) is 0 Å². The van der Waals surface area contributed by atoms with Crippen LogP contribution in [0.25, 0.3) is 22.8 Å². The molecule has 4 aromatic rings. The number of nitrogens with one attached hydrogen (secondary N) is 1. The summed E-state index contributed by atoms with van der Waals surface area (Å²) in [6.45, 7) is 6.23. The van der Waals surface area contributed by atoms with Crippen molar-refractivity contribution in [2.75, 3.05) is 0 Å². The molecule has 2 aromatic heterocycles. The predicted molar refractivity (Wildman–Crippen MR) is 123 cm³/mol. The Morgan fingerprint density at radius 2 is 1.97 bits per heavy atom. The van der Waals surface area contributed by atoms with Gasteiger partial charge in [-0.1, -0.05) is 34.1 Å². The third-order valence-electron chi connectivity index (χ3n) is 4.85. The number of nitrogens with zero attached hydrogens (tertiary/aromatic N) is 3. The van der Waals surface area contributed by atoms with Crippen LogP contribution in [-0.4, -0.2) is 14.5 Å². The van der Waals surface area contributed by atoms with Gasteiger partial charge in [0.15, 0.2) is 5.16 Å². The maximum absolute atomic E-state index is 9.68. The minimum absolute atomic E-state index is 0.592. The van der Waals surface area contributed by atoms with E-state index in [4.69, 9.17) is 0 Å². The van der Waals surface area contributed by atoms with Crippen molar-refractivity contribution >= 4 is 44.8 Å². The molecule has 0 saturated carbocycles. The van der Waals surface area contributed by atoms with Gasteiger partial charge in [0.1, 0.15) is 6.07 Å². The molecule has 29 heavy (non-hydrogen) atoms. The highest BCUT2D eigenvalue weighted by Crippen LogP contribution is 2.30. The van der Waals surface area contributed by atoms with Crippen LogP contribution in [0.5, 0.6) is 0 Å². The Hall–Kier alpha value is -2.75. The first-order valence-electron chi connectivity index (χ1n) is 9.16. The average molecular weight is 463 g/mol. The zero-order valence-electron chi connectivity index (χ0n) is 16.3. The van der Waals surface area contributed by atoms with Gasteiger partial charge < -0.3 is 9.55 Å². The van der Waals surface area contributed by atoms with Gasteiger partial charge in [0, 0.05) is 21.5 Å². The molecule has 0 aliphatic rings. The SMILES string of the molecule is Cc1ccc(-n2c(C)cc(/C=C(\C#N)Sc3nc4ccccc4[nH]3)c2C)cc1Br. The molecule has 6 heteroatoms. The number of nitriles is 1. The van der Waals surface area contributed by atoms with Crippen molar-refractivity contribution in [1.29, 1.82) is 5.26 Å². The van der Waals surface area contributed by atoms with Crippen LogP contribution in [0.2, 0.25) is 0 Å². The monoisotopic (exact) mass is 462 g/mol. The molecular weight excluding hydrogens is 444 g/mol. The number of rotatable bonds is 4. The maximum atomic E-state index is 9.68. The van der Waals surface area contributed by atoms with Crippen LogP contribution in [0.4, 0.5) is 0 Å². The fourth-order valence-corrected chi connectivity index (χ4v) is 4.47. The summed E-state index contributed by atoms with van der Waals surface area (Å²) in [4.78, 5) is 8.41. The summed E-state index contributed by atoms with van der Waals surface area (Å²) in [5.41, 5.74) is 7.41. The van der Waals surface area contributed by atoms with E-state index in [2.05, 4.69) is 81.6 Å². The van der Waals surface area contributed by atoms with E-state index in [1.54, 1.807) is 0 Å². The second-order valence-corrected chi connectivity index (χ2v) is 8.76. The molecule has 0 spiro atoms. The third-order valence-corrected chi connectivity index (χ3v) is 6.53. The largest absolute Gasteiger partial charge is 0.333 e. The summed E-state index contributed by atoms with van der Waals surface area (Å²) >= 11 is 4.97. The lowest BCUT2D eigenvalue weighted by atomic mass is 10.2. The molecule has 2 aromatic carbocycles. The zero-order valence-corrected chi connectivity index (χ0v) is 18.7. The Kier molecular flexibility index (Phi) is 5.35. The number of halogens is 1. The van der Waals surface area contributed by atoms with Crippen LogP contribution < -0.4 is 0 Å². The van der Waals surface area contributed by atoms with Gasteiger partial charge >= 0.3 is 0 Å². The predicted octanol–water partition coefficient (Wildman–Crippen LogP) is 6.70. The first-order chi connectivity index (χ1) is 14.0. The molecule has 0 radical (unpaired) electrons. The number of fused-ring (bicyclic) bond motifs is 1. The van der Waals surface area contributed by atoms with Gasteiger partial charge in [-0.25, -0.2) is 4.98 Å². The highest BCUT2D eigenvalue weighted by atomic mass is 79.9. The summed E-state index contributed by atoms with van der Waals surface area (Å²) in [5.74, 6) is 0. The topological polar surface area (TPSA) is 57.4 Å². The minimum atomic E-state index is 0.592. The molecule has 0 aliphatic heterocycles. The van der Waals surface area contributed by atoms with E-state index in [0.717, 1.165) is 43.3 Å². The first-order valence-corrected chi connectivity index (χ1v) is 10.8. The van der Waals surface area contributed by atoms with Gasteiger partial charge in [0.05, 0.1) is 15.9 Å². The van der Waals surface area contributed by atoms with Gasteiger partial charge in [0.25, 0.3) is 0 Å². The van der Waals surface area contributed by atoms with Crippen molar-refractivity contribution in [3.05, 3.63) is 80.4 Å². The number of aromatic amines is 1. The van der Waals surface area contributed by atoms with Gasteiger partial charge in [-0.05, 0) is 80.1 Å². The highest BCUT2D eigenvalue weighted by molar-refractivity contribution is 9.10. The van der Waals surface area contributed by atoms with E-state index in [0.29, 0.717) is 4.91 Å². The van der Waals surface area contributed by atoms with Crippen LogP contribution in [0.15, 0.2) is 63.1 Å². The van der Waals surface area contributed by atoms with E-state index in [1.807, 2.05) is 30.3 Å². The summed E-state index contributed by atoms with van der Waals surface area (Å²) in [6, 6.07) is 18.6. The number of aryl methyl sites for hydroxylation is 2. The fourth-order valence-electron chi connectivity index (χ4n) is 3.36. The molecule has 0 amide bonds. The highest BCUT2D eigenvalue weighted by Gasteiger charge is 2.12. The van der Waals surface area contributed by atoms with Gasteiger partial charge in [-0.15, -0.1) is 0 Å². The zero-order chi connectivity index (χ0) is 20.5. The number of allylic oxidation sites excluding steroid dienone is 1. The molecule has 1 N–H and O–H groups in total. The molecule has 4 nitrogen and oxygen atoms in total. The quantitative estimate of drug-likeness (QED) is 0.271. The van der Waals surface area contributed by atoms with Gasteiger partial charge in [0.2, 0.25) is 0 Å². The number of hydrogen-bond acceptors (Lipinski definition) is 3. The van der Waals surface area contributed by atoms with Crippen molar-refractivity contribution in [1.82, 2.24) is 14.5 Å². The van der Waals surface area contributed by atoms with Crippen molar-refractivity contribution in [2.45, 2.75) is 25.9 Å². The first kappa shape index (κ1) is 19.6. The van der Waals surface area contributed by atoms with E-state index >= 15 is 0 Å². The lowest BCUT2D eigenvalue weighted by molar-refractivity contribution is 0.962. The van der Waals surface area contributed by atoms with Crippen LogP contribution in [0.3, 0.4) is 0 Å². The van der Waals surface area contributed by atoms with Gasteiger partial charge in [-0.3, -0.25) is 0 Å². The van der Waals surface area contributed by atoms with Crippen molar-refractivity contribution < 1.29 is 0 Å². The number of aromatic nitrogens is 3. The average Bonchev–Trinajstić information content (AvgIpc) is 3.23. The molecular formula is C23H19BrN4S. The smallest absolute Gasteiger partial charge is 0.171 e. The minimum Gasteiger partial charge on any atom is -0.333 e. The normalized spacial score (nSPS) is 11.8. The lowest BCUT2D eigenvalue weighted by Gasteiger charge is -2.11. The standard InChI is InChI=1S/C23H19BrN4S/c1-14-8-9-18(12-20(14)24)28-15(2)10-17(16(28)3)11-19(13-25)29-23-26-21-6-4-5-7-22(21)27-23/h4-12H,1-3H3,(H,26,27)/b19-11+. The molecule has 0 atom stereocenters. The number of imidazole rings is 1. The van der Waals surface area contributed by atoms with Crippen molar-refractivity contribution in [3.8, 4) is 11.8 Å². The lowest BCUT2D eigenvalue weighted by Crippen LogP contribution is -1.99. The number of thioether (sulfide) groups is 1. The van der Waals surface area contributed by atoms with E-state index in [-0.39, 0.29) is 0 Å². The molecule has 0 aliphatic carbocycles. The Morgan fingerprint density at radius 3 is 2.69 bits per heavy atom. The molecule has 0 saturated heterocycles. The molecule has 4 rings (SSSR count). The summed E-state index contributed by atoms with van der Waals surface area (Å²) < 4.78 is 3.29. The Balaban J connectivity index is 1.69.